The summed E-state index contributed by atoms with van der Waals surface area (Å²) in [6.07, 6.45) is 3.23. The predicted molar refractivity (Wildman–Crippen MR) is 72.9 cm³/mol. The molecule has 1 heterocycles. The van der Waals surface area contributed by atoms with Gasteiger partial charge in [-0.1, -0.05) is 29.8 Å². The number of rotatable bonds is 5. The number of aromatic nitrogens is 1. The highest BCUT2D eigenvalue weighted by atomic mass is 35.5. The Hall–Kier alpha value is -1.98. The second kappa shape index (κ2) is 6.26. The van der Waals surface area contributed by atoms with E-state index in [2.05, 4.69) is 10.3 Å². The van der Waals surface area contributed by atoms with Crippen LogP contribution in [-0.2, 0) is 13.1 Å². The van der Waals surface area contributed by atoms with Crippen LogP contribution in [0.5, 0.6) is 0 Å². The Balaban J connectivity index is 2.00. The zero-order chi connectivity index (χ0) is 13.7. The van der Waals surface area contributed by atoms with Gasteiger partial charge in [0.1, 0.15) is 0 Å². The maximum atomic E-state index is 10.9. The zero-order valence-corrected chi connectivity index (χ0v) is 10.8. The van der Waals surface area contributed by atoms with Crippen molar-refractivity contribution in [1.82, 2.24) is 10.3 Å². The van der Waals surface area contributed by atoms with Crippen molar-refractivity contribution in [1.29, 1.82) is 0 Å². The molecule has 0 fully saturated rings. The average molecular weight is 278 g/mol. The second-order valence-electron chi connectivity index (χ2n) is 3.96. The van der Waals surface area contributed by atoms with Crippen LogP contribution in [0.25, 0.3) is 0 Å². The Morgan fingerprint density at radius 3 is 2.68 bits per heavy atom. The molecule has 6 heteroatoms. The molecule has 0 aliphatic heterocycles. The lowest BCUT2D eigenvalue weighted by atomic mass is 10.1. The van der Waals surface area contributed by atoms with Gasteiger partial charge in [-0.05, 0) is 11.6 Å². The third kappa shape index (κ3) is 3.49. The van der Waals surface area contributed by atoms with Crippen LogP contribution in [0.15, 0.2) is 42.7 Å². The largest absolute Gasteiger partial charge is 0.308 e. The third-order valence-electron chi connectivity index (χ3n) is 2.68. The third-order valence-corrected chi connectivity index (χ3v) is 3.02. The fourth-order valence-corrected chi connectivity index (χ4v) is 1.90. The fourth-order valence-electron chi connectivity index (χ4n) is 1.72. The minimum absolute atomic E-state index is 0.121. The molecule has 19 heavy (non-hydrogen) atoms. The first-order valence-electron chi connectivity index (χ1n) is 5.70. The van der Waals surface area contributed by atoms with Gasteiger partial charge in [0.15, 0.2) is 0 Å². The Labute approximate surface area is 115 Å². The van der Waals surface area contributed by atoms with Gasteiger partial charge in [-0.15, -0.1) is 0 Å². The standard InChI is InChI=1S/C13H12ClN3O2/c14-12-9-15-6-5-10(12)7-16-8-11-3-1-2-4-13(11)17(18)19/h1-6,9,16H,7-8H2. The number of nitrogens with one attached hydrogen (secondary N) is 1. The topological polar surface area (TPSA) is 68.1 Å². The van der Waals surface area contributed by atoms with Crippen LogP contribution in [0.3, 0.4) is 0 Å². The van der Waals surface area contributed by atoms with Gasteiger partial charge in [-0.3, -0.25) is 15.1 Å². The number of halogens is 1. The Morgan fingerprint density at radius 2 is 1.95 bits per heavy atom. The molecule has 1 N–H and O–H groups in total. The highest BCUT2D eigenvalue weighted by Gasteiger charge is 2.11. The van der Waals surface area contributed by atoms with E-state index in [1.165, 1.54) is 6.07 Å². The molecular weight excluding hydrogens is 266 g/mol. The summed E-state index contributed by atoms with van der Waals surface area (Å²) in [6, 6.07) is 8.48. The summed E-state index contributed by atoms with van der Waals surface area (Å²) in [5.41, 5.74) is 1.68. The molecule has 0 atom stereocenters. The minimum atomic E-state index is -0.379. The van der Waals surface area contributed by atoms with Crippen LogP contribution in [0.1, 0.15) is 11.1 Å². The number of nitrogens with zero attached hydrogens (tertiary/aromatic N) is 2. The van der Waals surface area contributed by atoms with E-state index in [1.807, 2.05) is 6.07 Å². The second-order valence-corrected chi connectivity index (χ2v) is 4.36. The van der Waals surface area contributed by atoms with Crippen molar-refractivity contribution < 1.29 is 4.92 Å². The molecule has 2 rings (SSSR count). The smallest absolute Gasteiger partial charge is 0.273 e. The van der Waals surface area contributed by atoms with Gasteiger partial charge in [0, 0.05) is 37.1 Å². The van der Waals surface area contributed by atoms with E-state index in [-0.39, 0.29) is 10.6 Å². The molecule has 1 aromatic carbocycles. The molecule has 0 unspecified atom stereocenters. The average Bonchev–Trinajstić information content (AvgIpc) is 2.41. The van der Waals surface area contributed by atoms with Crippen molar-refractivity contribution in [3.05, 3.63) is 69.0 Å². The Morgan fingerprint density at radius 1 is 1.21 bits per heavy atom. The predicted octanol–water partition coefficient (Wildman–Crippen LogP) is 2.93. The van der Waals surface area contributed by atoms with Gasteiger partial charge in [0.2, 0.25) is 0 Å². The monoisotopic (exact) mass is 277 g/mol. The van der Waals surface area contributed by atoms with Crippen LogP contribution in [0, 0.1) is 10.1 Å². The molecule has 0 saturated carbocycles. The van der Waals surface area contributed by atoms with E-state index in [0.717, 1.165) is 5.56 Å². The van der Waals surface area contributed by atoms with Gasteiger partial charge in [0.25, 0.3) is 5.69 Å². The normalized spacial score (nSPS) is 10.4. The lowest BCUT2D eigenvalue weighted by molar-refractivity contribution is -0.385. The van der Waals surface area contributed by atoms with E-state index < -0.39 is 0 Å². The number of para-hydroxylation sites is 1. The van der Waals surface area contributed by atoms with Gasteiger partial charge in [0.05, 0.1) is 9.95 Å². The summed E-state index contributed by atoms with van der Waals surface area (Å²) in [7, 11) is 0. The number of benzene rings is 1. The van der Waals surface area contributed by atoms with E-state index in [1.54, 1.807) is 30.6 Å². The van der Waals surface area contributed by atoms with Crippen molar-refractivity contribution >= 4 is 17.3 Å². The first kappa shape index (κ1) is 13.5. The first-order chi connectivity index (χ1) is 9.18. The highest BCUT2D eigenvalue weighted by Crippen LogP contribution is 2.18. The van der Waals surface area contributed by atoms with E-state index in [4.69, 9.17) is 11.6 Å². The van der Waals surface area contributed by atoms with Crippen LogP contribution < -0.4 is 5.32 Å². The molecule has 0 saturated heterocycles. The summed E-state index contributed by atoms with van der Waals surface area (Å²) in [4.78, 5) is 14.4. The molecule has 0 radical (unpaired) electrons. The molecule has 0 amide bonds. The van der Waals surface area contributed by atoms with Gasteiger partial charge < -0.3 is 5.32 Å². The van der Waals surface area contributed by atoms with Gasteiger partial charge >= 0.3 is 0 Å². The number of hydrogen-bond acceptors (Lipinski definition) is 4. The molecule has 0 aliphatic carbocycles. The molecule has 98 valence electrons. The Bertz CT molecular complexity index is 590. The van der Waals surface area contributed by atoms with Crippen molar-refractivity contribution in [2.24, 2.45) is 0 Å². The number of hydrogen-bond donors (Lipinski definition) is 1. The number of pyridine rings is 1. The van der Waals surface area contributed by atoms with Crippen LogP contribution in [-0.4, -0.2) is 9.91 Å². The summed E-state index contributed by atoms with van der Waals surface area (Å²) in [5.74, 6) is 0. The molecule has 0 bridgehead atoms. The summed E-state index contributed by atoms with van der Waals surface area (Å²) < 4.78 is 0. The highest BCUT2D eigenvalue weighted by molar-refractivity contribution is 6.31. The lowest BCUT2D eigenvalue weighted by Crippen LogP contribution is -2.14. The van der Waals surface area contributed by atoms with Crippen LogP contribution >= 0.6 is 11.6 Å². The van der Waals surface area contributed by atoms with Crippen molar-refractivity contribution in [2.75, 3.05) is 0 Å². The first-order valence-corrected chi connectivity index (χ1v) is 6.07. The van der Waals surface area contributed by atoms with Crippen molar-refractivity contribution in [3.8, 4) is 0 Å². The summed E-state index contributed by atoms with van der Waals surface area (Å²) in [5, 5.41) is 14.6. The van der Waals surface area contributed by atoms with Crippen molar-refractivity contribution in [2.45, 2.75) is 13.1 Å². The molecular formula is C13H12ClN3O2. The van der Waals surface area contributed by atoms with Crippen molar-refractivity contribution in [3.63, 3.8) is 0 Å². The van der Waals surface area contributed by atoms with Gasteiger partial charge in [-0.2, -0.15) is 0 Å². The molecule has 2 aromatic rings. The molecule has 0 aliphatic rings. The fraction of sp³-hybridized carbons (Fsp3) is 0.154. The molecule has 1 aromatic heterocycles. The van der Waals surface area contributed by atoms with Gasteiger partial charge in [-0.25, -0.2) is 0 Å². The quantitative estimate of drug-likeness (QED) is 0.674. The lowest BCUT2D eigenvalue weighted by Gasteiger charge is -2.06. The number of nitro benzene ring substituents is 1. The molecule has 5 nitrogen and oxygen atoms in total. The summed E-state index contributed by atoms with van der Waals surface area (Å²) >= 11 is 5.98. The maximum Gasteiger partial charge on any atom is 0.273 e. The van der Waals surface area contributed by atoms with E-state index in [9.17, 15) is 10.1 Å². The molecule has 0 spiro atoms. The SMILES string of the molecule is O=[N+]([O-])c1ccccc1CNCc1ccncc1Cl. The minimum Gasteiger partial charge on any atom is -0.308 e. The maximum absolute atomic E-state index is 10.9. The van der Waals surface area contributed by atoms with E-state index in [0.29, 0.717) is 23.7 Å². The Kier molecular flexibility index (Phi) is 4.43. The zero-order valence-electron chi connectivity index (χ0n) is 10.0. The number of nitro groups is 1. The summed E-state index contributed by atoms with van der Waals surface area (Å²) in [6.45, 7) is 0.948. The van der Waals surface area contributed by atoms with Crippen LogP contribution in [0.2, 0.25) is 5.02 Å². The van der Waals surface area contributed by atoms with Crippen LogP contribution in [0.4, 0.5) is 5.69 Å². The van der Waals surface area contributed by atoms with E-state index >= 15 is 0 Å².